The predicted octanol–water partition coefficient (Wildman–Crippen LogP) is 5.69. The molecule has 2 fully saturated rings. The minimum Gasteiger partial charge on any atom is -0.377 e. The largest absolute Gasteiger partial charge is 0.377 e. The van der Waals surface area contributed by atoms with Gasteiger partial charge >= 0.3 is 0 Å². The third kappa shape index (κ3) is 4.36. The van der Waals surface area contributed by atoms with E-state index in [1.165, 1.54) is 36.3 Å². The number of aryl methyl sites for hydroxylation is 1. The van der Waals surface area contributed by atoms with E-state index in [-0.39, 0.29) is 6.10 Å². The fourth-order valence-electron chi connectivity index (χ4n) is 4.60. The molecule has 2 aromatic rings. The zero-order valence-electron chi connectivity index (χ0n) is 15.6. The molecular formula is C22H29NO2S. The molecule has 2 aliphatic rings. The molecule has 2 unspecified atom stereocenters. The van der Waals surface area contributed by atoms with Crippen molar-refractivity contribution in [2.24, 2.45) is 11.8 Å². The van der Waals surface area contributed by atoms with Gasteiger partial charge in [0.15, 0.2) is 0 Å². The van der Waals surface area contributed by atoms with Crippen molar-refractivity contribution < 1.29 is 9.47 Å². The zero-order valence-corrected chi connectivity index (χ0v) is 16.4. The predicted molar refractivity (Wildman–Crippen MR) is 105 cm³/mol. The second-order valence-electron chi connectivity index (χ2n) is 7.75. The van der Waals surface area contributed by atoms with Gasteiger partial charge in [-0.3, -0.25) is 0 Å². The SMILES string of the molecule is Cc1csc(C2CC[C@@H]3C(CCCOCc4ccccc4)CC[C@@H]3O2)n1. The van der Waals surface area contributed by atoms with Gasteiger partial charge < -0.3 is 9.47 Å². The maximum absolute atomic E-state index is 6.44. The van der Waals surface area contributed by atoms with Crippen molar-refractivity contribution in [3.05, 3.63) is 52.0 Å². The summed E-state index contributed by atoms with van der Waals surface area (Å²) in [5.41, 5.74) is 2.38. The van der Waals surface area contributed by atoms with Gasteiger partial charge in [-0.1, -0.05) is 30.3 Å². The summed E-state index contributed by atoms with van der Waals surface area (Å²) < 4.78 is 12.3. The molecule has 1 aromatic heterocycles. The fourth-order valence-corrected chi connectivity index (χ4v) is 5.46. The molecule has 1 aromatic carbocycles. The van der Waals surface area contributed by atoms with E-state index in [1.54, 1.807) is 11.3 Å². The first kappa shape index (κ1) is 18.1. The number of rotatable bonds is 7. The number of benzene rings is 1. The van der Waals surface area contributed by atoms with E-state index < -0.39 is 0 Å². The molecule has 0 bridgehead atoms. The Morgan fingerprint density at radius 2 is 2.04 bits per heavy atom. The molecule has 4 heteroatoms. The first-order valence-electron chi connectivity index (χ1n) is 9.99. The van der Waals surface area contributed by atoms with Gasteiger partial charge in [0, 0.05) is 17.7 Å². The Hall–Kier alpha value is -1.23. The Kier molecular flexibility index (Phi) is 6.03. The smallest absolute Gasteiger partial charge is 0.122 e. The van der Waals surface area contributed by atoms with E-state index in [2.05, 4.69) is 41.6 Å². The van der Waals surface area contributed by atoms with Crippen LogP contribution >= 0.6 is 11.3 Å². The normalized spacial score (nSPS) is 28.2. The Labute approximate surface area is 160 Å². The van der Waals surface area contributed by atoms with Crippen LogP contribution in [0.15, 0.2) is 35.7 Å². The number of hydrogen-bond acceptors (Lipinski definition) is 4. The van der Waals surface area contributed by atoms with Crippen LogP contribution in [-0.2, 0) is 16.1 Å². The Balaban J connectivity index is 1.19. The van der Waals surface area contributed by atoms with Gasteiger partial charge in [-0.25, -0.2) is 4.98 Å². The molecule has 0 spiro atoms. The summed E-state index contributed by atoms with van der Waals surface area (Å²) in [7, 11) is 0. The third-order valence-electron chi connectivity index (χ3n) is 5.89. The van der Waals surface area contributed by atoms with Crippen molar-refractivity contribution >= 4 is 11.3 Å². The highest BCUT2D eigenvalue weighted by Gasteiger charge is 2.41. The number of nitrogens with zero attached hydrogens (tertiary/aromatic N) is 1. The average molecular weight is 372 g/mol. The summed E-state index contributed by atoms with van der Waals surface area (Å²) in [6.07, 6.45) is 8.10. The quantitative estimate of drug-likeness (QED) is 0.586. The van der Waals surface area contributed by atoms with E-state index in [4.69, 9.17) is 9.47 Å². The first-order valence-corrected chi connectivity index (χ1v) is 10.9. The standard InChI is InChI=1S/C22H29NO2S/c1-16-15-26-22(23-16)21-12-10-19-18(9-11-20(19)25-21)8-5-13-24-14-17-6-3-2-4-7-17/h2-4,6-7,15,18-21H,5,8-14H2,1H3/t18?,19-,20+,21?/m1/s1. The van der Waals surface area contributed by atoms with Crippen molar-refractivity contribution in [3.63, 3.8) is 0 Å². The van der Waals surface area contributed by atoms with Gasteiger partial charge in [0.2, 0.25) is 0 Å². The van der Waals surface area contributed by atoms with E-state index in [9.17, 15) is 0 Å². The van der Waals surface area contributed by atoms with E-state index in [0.717, 1.165) is 43.6 Å². The van der Waals surface area contributed by atoms with Gasteiger partial charge in [0.1, 0.15) is 11.1 Å². The van der Waals surface area contributed by atoms with E-state index in [0.29, 0.717) is 6.10 Å². The van der Waals surface area contributed by atoms with Crippen molar-refractivity contribution in [2.45, 2.75) is 64.3 Å². The second kappa shape index (κ2) is 8.64. The summed E-state index contributed by atoms with van der Waals surface area (Å²) in [5, 5.41) is 3.32. The summed E-state index contributed by atoms with van der Waals surface area (Å²) in [5.74, 6) is 1.57. The maximum Gasteiger partial charge on any atom is 0.122 e. The van der Waals surface area contributed by atoms with E-state index >= 15 is 0 Å². The molecule has 1 aliphatic heterocycles. The van der Waals surface area contributed by atoms with Gasteiger partial charge in [-0.15, -0.1) is 11.3 Å². The Morgan fingerprint density at radius 3 is 2.85 bits per heavy atom. The molecule has 2 heterocycles. The summed E-state index contributed by atoms with van der Waals surface area (Å²) in [6, 6.07) is 10.4. The van der Waals surface area contributed by atoms with Crippen molar-refractivity contribution in [1.82, 2.24) is 4.98 Å². The van der Waals surface area contributed by atoms with Crippen LogP contribution in [0, 0.1) is 18.8 Å². The highest BCUT2D eigenvalue weighted by atomic mass is 32.1. The lowest BCUT2D eigenvalue weighted by Crippen LogP contribution is -2.30. The first-order chi connectivity index (χ1) is 12.8. The lowest BCUT2D eigenvalue weighted by atomic mass is 9.84. The molecule has 1 aliphatic carbocycles. The van der Waals surface area contributed by atoms with E-state index in [1.807, 2.05) is 6.07 Å². The molecule has 26 heavy (non-hydrogen) atoms. The van der Waals surface area contributed by atoms with Crippen molar-refractivity contribution in [3.8, 4) is 0 Å². The summed E-state index contributed by atoms with van der Waals surface area (Å²) >= 11 is 1.76. The summed E-state index contributed by atoms with van der Waals surface area (Å²) in [4.78, 5) is 4.64. The zero-order chi connectivity index (χ0) is 17.8. The minimum atomic E-state index is 0.239. The van der Waals surface area contributed by atoms with Crippen LogP contribution in [0.3, 0.4) is 0 Å². The Bertz CT molecular complexity index is 686. The monoisotopic (exact) mass is 371 g/mol. The van der Waals surface area contributed by atoms with Gasteiger partial charge in [-0.2, -0.15) is 0 Å². The maximum atomic E-state index is 6.44. The van der Waals surface area contributed by atoms with Crippen molar-refractivity contribution in [1.29, 1.82) is 0 Å². The minimum absolute atomic E-state index is 0.239. The molecule has 4 atom stereocenters. The van der Waals surface area contributed by atoms with Crippen LogP contribution in [0.25, 0.3) is 0 Å². The molecule has 1 saturated heterocycles. The number of hydrogen-bond donors (Lipinski definition) is 0. The topological polar surface area (TPSA) is 31.4 Å². The molecule has 0 amide bonds. The van der Waals surface area contributed by atoms with Crippen molar-refractivity contribution in [2.75, 3.05) is 6.61 Å². The van der Waals surface area contributed by atoms with Crippen LogP contribution < -0.4 is 0 Å². The molecule has 3 nitrogen and oxygen atoms in total. The van der Waals surface area contributed by atoms with Gasteiger partial charge in [0.25, 0.3) is 0 Å². The van der Waals surface area contributed by atoms with Crippen LogP contribution in [0.5, 0.6) is 0 Å². The Morgan fingerprint density at radius 1 is 1.15 bits per heavy atom. The second-order valence-corrected chi connectivity index (χ2v) is 8.64. The average Bonchev–Trinajstić information content (AvgIpc) is 3.28. The highest BCUT2D eigenvalue weighted by molar-refractivity contribution is 7.09. The lowest BCUT2D eigenvalue weighted by Gasteiger charge is -2.34. The highest BCUT2D eigenvalue weighted by Crippen LogP contribution is 2.47. The third-order valence-corrected chi connectivity index (χ3v) is 6.95. The molecule has 4 rings (SSSR count). The fraction of sp³-hybridized carbons (Fsp3) is 0.591. The number of fused-ring (bicyclic) bond motifs is 1. The number of aromatic nitrogens is 1. The van der Waals surface area contributed by atoms with Crippen LogP contribution in [-0.4, -0.2) is 17.7 Å². The number of thiazole rings is 1. The lowest BCUT2D eigenvalue weighted by molar-refractivity contribution is -0.0797. The molecule has 1 saturated carbocycles. The summed E-state index contributed by atoms with van der Waals surface area (Å²) in [6.45, 7) is 3.66. The molecule has 0 N–H and O–H groups in total. The van der Waals surface area contributed by atoms with Gasteiger partial charge in [-0.05, 0) is 62.8 Å². The van der Waals surface area contributed by atoms with Crippen LogP contribution in [0.2, 0.25) is 0 Å². The molecular weight excluding hydrogens is 342 g/mol. The number of ether oxygens (including phenoxy) is 2. The van der Waals surface area contributed by atoms with Gasteiger partial charge in [0.05, 0.1) is 12.7 Å². The molecule has 0 radical (unpaired) electrons. The molecule has 140 valence electrons. The van der Waals surface area contributed by atoms with Crippen LogP contribution in [0.4, 0.5) is 0 Å². The van der Waals surface area contributed by atoms with Crippen LogP contribution in [0.1, 0.15) is 60.9 Å².